The van der Waals surface area contributed by atoms with Crippen molar-refractivity contribution in [1.82, 2.24) is 4.57 Å². The van der Waals surface area contributed by atoms with Crippen LogP contribution >= 0.6 is 0 Å². The van der Waals surface area contributed by atoms with Crippen molar-refractivity contribution in [2.45, 2.75) is 96.6 Å². The van der Waals surface area contributed by atoms with Crippen LogP contribution in [0, 0.1) is 0 Å². The van der Waals surface area contributed by atoms with E-state index in [1.807, 2.05) is 36.4 Å². The lowest BCUT2D eigenvalue weighted by molar-refractivity contribution is 0.0116. The summed E-state index contributed by atoms with van der Waals surface area (Å²) in [6, 6.07) is 11.8. The number of carbonyl (C=O) groups is 2. The average Bonchev–Trinajstić information content (AvgIpc) is 3.16. The molecule has 4 heteroatoms. The van der Waals surface area contributed by atoms with E-state index >= 15 is 0 Å². The Hall–Kier alpha value is -2.46. The highest BCUT2D eigenvalue weighted by Gasteiger charge is 2.37. The van der Waals surface area contributed by atoms with Gasteiger partial charge in [0, 0.05) is 45.9 Å². The van der Waals surface area contributed by atoms with Crippen molar-refractivity contribution in [1.29, 1.82) is 0 Å². The van der Waals surface area contributed by atoms with Crippen molar-refractivity contribution in [2.75, 3.05) is 0 Å². The van der Waals surface area contributed by atoms with Gasteiger partial charge in [-0.1, -0.05) is 51.9 Å². The van der Waals surface area contributed by atoms with E-state index < -0.39 is 5.60 Å². The molecule has 4 nitrogen and oxygen atoms in total. The van der Waals surface area contributed by atoms with Gasteiger partial charge in [-0.2, -0.15) is 0 Å². The number of benzene rings is 2. The van der Waals surface area contributed by atoms with Crippen molar-refractivity contribution in [3.05, 3.63) is 47.5 Å². The summed E-state index contributed by atoms with van der Waals surface area (Å²) in [5, 5.41) is 13.0. The van der Waals surface area contributed by atoms with Gasteiger partial charge >= 0.3 is 0 Å². The molecule has 1 N–H and O–H groups in total. The largest absolute Gasteiger partial charge is 0.382 e. The van der Waals surface area contributed by atoms with Gasteiger partial charge in [-0.15, -0.1) is 0 Å². The van der Waals surface area contributed by atoms with E-state index in [0.717, 1.165) is 66.0 Å². The number of unbranched alkanes of at least 4 members (excludes halogenated alkanes) is 4. The van der Waals surface area contributed by atoms with Crippen LogP contribution < -0.4 is 0 Å². The van der Waals surface area contributed by atoms with Gasteiger partial charge in [0.05, 0.1) is 0 Å². The number of hydrogen-bond acceptors (Lipinski definition) is 3. The highest BCUT2D eigenvalue weighted by atomic mass is 16.3. The zero-order chi connectivity index (χ0) is 23.4. The summed E-state index contributed by atoms with van der Waals surface area (Å²) < 4.78 is 2.23. The second-order valence-electron chi connectivity index (χ2n) is 9.72. The van der Waals surface area contributed by atoms with Gasteiger partial charge in [-0.25, -0.2) is 0 Å². The van der Waals surface area contributed by atoms with E-state index in [1.54, 1.807) is 0 Å². The fourth-order valence-corrected chi connectivity index (χ4v) is 5.43. The lowest BCUT2D eigenvalue weighted by atomic mass is 9.79. The lowest BCUT2D eigenvalue weighted by Crippen LogP contribution is -2.40. The van der Waals surface area contributed by atoms with E-state index in [2.05, 4.69) is 18.4 Å². The van der Waals surface area contributed by atoms with Crippen LogP contribution in [0.3, 0.4) is 0 Å². The first-order chi connectivity index (χ1) is 16.0. The molecule has 0 bridgehead atoms. The average molecular weight is 448 g/mol. The minimum absolute atomic E-state index is 0.166. The number of nitrogens with zero attached hydrogens (tertiary/aromatic N) is 1. The Morgan fingerprint density at radius 1 is 0.848 bits per heavy atom. The maximum atomic E-state index is 13.2. The Labute approximate surface area is 197 Å². The number of rotatable bonds is 10. The van der Waals surface area contributed by atoms with Gasteiger partial charge in [0.15, 0.2) is 11.6 Å². The van der Waals surface area contributed by atoms with E-state index in [0.29, 0.717) is 24.8 Å². The highest BCUT2D eigenvalue weighted by Crippen LogP contribution is 2.35. The van der Waals surface area contributed by atoms with Gasteiger partial charge in [-0.3, -0.25) is 9.59 Å². The molecule has 1 fully saturated rings. The summed E-state index contributed by atoms with van der Waals surface area (Å²) in [6.07, 6.45) is 10.2. The molecule has 176 valence electrons. The first kappa shape index (κ1) is 23.7. The molecular weight excluding hydrogens is 410 g/mol. The fourth-order valence-electron chi connectivity index (χ4n) is 5.43. The van der Waals surface area contributed by atoms with Crippen LogP contribution in [0.4, 0.5) is 0 Å². The SMILES string of the molecule is CCCCCCCC(=O)c1ccc2c(c1)c1cc(C(=O)C3(O)CCCCC3)ccc1n2CC. The van der Waals surface area contributed by atoms with Gasteiger partial charge in [0.25, 0.3) is 0 Å². The van der Waals surface area contributed by atoms with Crippen LogP contribution in [-0.2, 0) is 6.54 Å². The zero-order valence-electron chi connectivity index (χ0n) is 20.2. The molecule has 3 aromatic rings. The molecule has 1 saturated carbocycles. The minimum Gasteiger partial charge on any atom is -0.382 e. The highest BCUT2D eigenvalue weighted by molar-refractivity contribution is 6.14. The molecule has 1 aromatic heterocycles. The molecule has 1 aliphatic rings. The summed E-state index contributed by atoms with van der Waals surface area (Å²) in [4.78, 5) is 26.1. The number of aryl methyl sites for hydroxylation is 1. The summed E-state index contributed by atoms with van der Waals surface area (Å²) in [7, 11) is 0. The quantitative estimate of drug-likeness (QED) is 0.263. The molecule has 0 radical (unpaired) electrons. The van der Waals surface area contributed by atoms with Crippen LogP contribution in [0.15, 0.2) is 36.4 Å². The van der Waals surface area contributed by atoms with Gasteiger partial charge in [0.2, 0.25) is 0 Å². The number of fused-ring (bicyclic) bond motifs is 3. The van der Waals surface area contributed by atoms with Crippen LogP contribution in [0.2, 0.25) is 0 Å². The maximum Gasteiger partial charge on any atom is 0.194 e. The summed E-state index contributed by atoms with van der Waals surface area (Å²) >= 11 is 0. The predicted octanol–water partition coefficient (Wildman–Crippen LogP) is 7.24. The van der Waals surface area contributed by atoms with E-state index in [-0.39, 0.29) is 11.6 Å². The third-order valence-electron chi connectivity index (χ3n) is 7.38. The number of carbonyl (C=O) groups excluding carboxylic acids is 2. The van der Waals surface area contributed by atoms with Crippen molar-refractivity contribution in [2.24, 2.45) is 0 Å². The zero-order valence-corrected chi connectivity index (χ0v) is 20.2. The maximum absolute atomic E-state index is 13.2. The van der Waals surface area contributed by atoms with E-state index in [4.69, 9.17) is 0 Å². The first-order valence-corrected chi connectivity index (χ1v) is 12.8. The molecule has 1 aliphatic carbocycles. The number of aromatic nitrogens is 1. The van der Waals surface area contributed by atoms with E-state index in [9.17, 15) is 14.7 Å². The standard InChI is InChI=1S/C29H37NO3/c1-3-5-6-7-9-12-27(31)21-13-15-25-23(19-21)24-20-22(14-16-26(24)30(25)4-2)28(32)29(33)17-10-8-11-18-29/h13-16,19-20,33H,3-12,17-18H2,1-2H3. The van der Waals surface area contributed by atoms with Crippen molar-refractivity contribution < 1.29 is 14.7 Å². The Bertz CT molecular complexity index is 1150. The topological polar surface area (TPSA) is 59.3 Å². The van der Waals surface area contributed by atoms with E-state index in [1.165, 1.54) is 19.3 Å². The van der Waals surface area contributed by atoms with Gasteiger partial charge < -0.3 is 9.67 Å². The second-order valence-corrected chi connectivity index (χ2v) is 9.72. The molecule has 4 rings (SSSR count). The third-order valence-corrected chi connectivity index (χ3v) is 7.38. The predicted molar refractivity (Wildman–Crippen MR) is 135 cm³/mol. The molecule has 0 spiro atoms. The number of Topliss-reactive ketones (excluding diaryl/α,β-unsaturated/α-hetero) is 2. The van der Waals surface area contributed by atoms with Crippen molar-refractivity contribution in [3.8, 4) is 0 Å². The monoisotopic (exact) mass is 447 g/mol. The van der Waals surface area contributed by atoms with Crippen LogP contribution in [0.5, 0.6) is 0 Å². The summed E-state index contributed by atoms with van der Waals surface area (Å²) in [5.74, 6) is 0.0235. The van der Waals surface area contributed by atoms with Gasteiger partial charge in [0.1, 0.15) is 5.60 Å². The Morgan fingerprint density at radius 2 is 1.45 bits per heavy atom. The molecule has 0 atom stereocenters. The third kappa shape index (κ3) is 4.77. The Kier molecular flexibility index (Phi) is 7.33. The molecule has 0 unspecified atom stereocenters. The smallest absolute Gasteiger partial charge is 0.194 e. The van der Waals surface area contributed by atoms with Gasteiger partial charge in [-0.05, 0) is 62.6 Å². The molecule has 0 saturated heterocycles. The normalized spacial score (nSPS) is 15.8. The van der Waals surface area contributed by atoms with Crippen molar-refractivity contribution in [3.63, 3.8) is 0 Å². The molecular formula is C29H37NO3. The van der Waals surface area contributed by atoms with Crippen LogP contribution in [0.25, 0.3) is 21.8 Å². The Balaban J connectivity index is 1.67. The fraction of sp³-hybridized carbons (Fsp3) is 0.517. The number of ketones is 2. The first-order valence-electron chi connectivity index (χ1n) is 12.8. The van der Waals surface area contributed by atoms with Crippen molar-refractivity contribution >= 4 is 33.4 Å². The summed E-state index contributed by atoms with van der Waals surface area (Å²) in [6.45, 7) is 5.11. The minimum atomic E-state index is -1.24. The lowest BCUT2D eigenvalue weighted by Gasteiger charge is -2.30. The number of aliphatic hydroxyl groups is 1. The van der Waals surface area contributed by atoms with Crippen LogP contribution in [0.1, 0.15) is 105 Å². The molecule has 0 amide bonds. The molecule has 33 heavy (non-hydrogen) atoms. The molecule has 0 aliphatic heterocycles. The molecule has 1 heterocycles. The second kappa shape index (κ2) is 10.2. The summed E-state index contributed by atoms with van der Waals surface area (Å²) in [5.41, 5.74) is 2.20. The number of hydrogen-bond donors (Lipinski definition) is 1. The molecule has 2 aromatic carbocycles. The van der Waals surface area contributed by atoms with Crippen LogP contribution in [-0.4, -0.2) is 26.8 Å². The Morgan fingerprint density at radius 3 is 2.09 bits per heavy atom.